The maximum absolute atomic E-state index is 13.3. The van der Waals surface area contributed by atoms with Gasteiger partial charge in [-0.2, -0.15) is 0 Å². The third-order valence-corrected chi connectivity index (χ3v) is 5.90. The summed E-state index contributed by atoms with van der Waals surface area (Å²) in [6, 6.07) is 15.2. The number of aromatic amines is 1. The second kappa shape index (κ2) is 6.82. The van der Waals surface area contributed by atoms with Crippen molar-refractivity contribution >= 4 is 45.3 Å². The van der Waals surface area contributed by atoms with Crippen LogP contribution in [0.1, 0.15) is 20.3 Å². The molecule has 0 aliphatic carbocycles. The van der Waals surface area contributed by atoms with Gasteiger partial charge in [-0.15, -0.1) is 0 Å². The molecule has 2 heterocycles. The van der Waals surface area contributed by atoms with Crippen LogP contribution in [0.4, 0.5) is 0 Å². The molecule has 0 saturated carbocycles. The van der Waals surface area contributed by atoms with Gasteiger partial charge < -0.3 is 4.98 Å². The highest BCUT2D eigenvalue weighted by molar-refractivity contribution is 7.99. The van der Waals surface area contributed by atoms with Crippen LogP contribution in [0, 0.1) is 0 Å². The topological polar surface area (TPSA) is 50.7 Å². The molecule has 0 bridgehead atoms. The number of nitrogens with one attached hydrogen (secondary N) is 1. The van der Waals surface area contributed by atoms with Crippen LogP contribution in [0.5, 0.6) is 0 Å². The molecule has 6 heteroatoms. The SMILES string of the molecule is CC[C@H](C)Sc1nc2c([nH]c3ccccc32)c(=O)n1-c1cccc(Cl)c1. The molecule has 2 aromatic heterocycles. The highest BCUT2D eigenvalue weighted by atomic mass is 35.5. The third-order valence-electron chi connectivity index (χ3n) is 4.44. The molecule has 26 heavy (non-hydrogen) atoms. The van der Waals surface area contributed by atoms with Crippen molar-refractivity contribution in [3.63, 3.8) is 0 Å². The van der Waals surface area contributed by atoms with E-state index in [4.69, 9.17) is 16.6 Å². The maximum atomic E-state index is 13.3. The van der Waals surface area contributed by atoms with Gasteiger partial charge in [0.05, 0.1) is 5.69 Å². The van der Waals surface area contributed by atoms with Crippen molar-refractivity contribution in [3.05, 3.63) is 63.9 Å². The van der Waals surface area contributed by atoms with E-state index in [1.54, 1.807) is 28.5 Å². The number of nitrogens with zero attached hydrogens (tertiary/aromatic N) is 2. The van der Waals surface area contributed by atoms with E-state index >= 15 is 0 Å². The monoisotopic (exact) mass is 383 g/mol. The second-order valence-electron chi connectivity index (χ2n) is 6.25. The number of halogens is 1. The Morgan fingerprint density at radius 1 is 1.23 bits per heavy atom. The van der Waals surface area contributed by atoms with E-state index in [0.717, 1.165) is 28.5 Å². The standard InChI is InChI=1S/C20H18ClN3OS/c1-3-12(2)26-20-23-17-15-9-4-5-10-16(15)22-18(17)19(25)24(20)14-8-6-7-13(21)11-14/h4-12,22H,3H2,1-2H3/t12-/m0/s1. The van der Waals surface area contributed by atoms with Crippen molar-refractivity contribution in [3.8, 4) is 5.69 Å². The molecule has 0 saturated heterocycles. The minimum atomic E-state index is -0.112. The van der Waals surface area contributed by atoms with Crippen LogP contribution in [0.3, 0.4) is 0 Å². The number of aromatic nitrogens is 3. The van der Waals surface area contributed by atoms with Crippen molar-refractivity contribution in [2.24, 2.45) is 0 Å². The third kappa shape index (κ3) is 2.91. The minimum absolute atomic E-state index is 0.112. The van der Waals surface area contributed by atoms with E-state index in [9.17, 15) is 4.79 Å². The van der Waals surface area contributed by atoms with E-state index in [1.807, 2.05) is 36.4 Å². The molecule has 0 fully saturated rings. The van der Waals surface area contributed by atoms with Crippen molar-refractivity contribution in [2.45, 2.75) is 30.7 Å². The van der Waals surface area contributed by atoms with Crippen LogP contribution in [-0.4, -0.2) is 19.8 Å². The first kappa shape index (κ1) is 17.2. The van der Waals surface area contributed by atoms with E-state index in [2.05, 4.69) is 18.8 Å². The Morgan fingerprint density at radius 3 is 2.81 bits per heavy atom. The summed E-state index contributed by atoms with van der Waals surface area (Å²) in [7, 11) is 0. The van der Waals surface area contributed by atoms with Gasteiger partial charge in [-0.05, 0) is 30.7 Å². The normalized spacial score (nSPS) is 12.7. The van der Waals surface area contributed by atoms with Crippen LogP contribution < -0.4 is 5.56 Å². The highest BCUT2D eigenvalue weighted by Gasteiger charge is 2.18. The van der Waals surface area contributed by atoms with Crippen LogP contribution in [0.25, 0.3) is 27.6 Å². The largest absolute Gasteiger partial charge is 0.349 e. The lowest BCUT2D eigenvalue weighted by atomic mass is 10.2. The summed E-state index contributed by atoms with van der Waals surface area (Å²) in [5.41, 5.74) is 2.76. The number of rotatable bonds is 4. The maximum Gasteiger partial charge on any atom is 0.283 e. The molecule has 4 nitrogen and oxygen atoms in total. The van der Waals surface area contributed by atoms with E-state index in [0.29, 0.717) is 20.9 Å². The lowest BCUT2D eigenvalue weighted by Crippen LogP contribution is -2.22. The van der Waals surface area contributed by atoms with Gasteiger partial charge in [-0.25, -0.2) is 4.98 Å². The lowest BCUT2D eigenvalue weighted by Gasteiger charge is -2.15. The number of H-pyrrole nitrogens is 1. The fraction of sp³-hybridized carbons (Fsp3) is 0.200. The van der Waals surface area contributed by atoms with Crippen LogP contribution in [0.2, 0.25) is 5.02 Å². The summed E-state index contributed by atoms with van der Waals surface area (Å²) >= 11 is 7.77. The molecular weight excluding hydrogens is 366 g/mol. The van der Waals surface area contributed by atoms with Gasteiger partial charge in [-0.1, -0.05) is 61.5 Å². The van der Waals surface area contributed by atoms with Crippen LogP contribution >= 0.6 is 23.4 Å². The Morgan fingerprint density at radius 2 is 2.04 bits per heavy atom. The Kier molecular flexibility index (Phi) is 4.51. The average molecular weight is 384 g/mol. The zero-order valence-electron chi connectivity index (χ0n) is 14.5. The Balaban J connectivity index is 2.07. The number of hydrogen-bond donors (Lipinski definition) is 1. The molecule has 0 aliphatic heterocycles. The first-order valence-electron chi connectivity index (χ1n) is 8.54. The highest BCUT2D eigenvalue weighted by Crippen LogP contribution is 2.29. The molecule has 1 N–H and O–H groups in total. The first-order valence-corrected chi connectivity index (χ1v) is 9.80. The summed E-state index contributed by atoms with van der Waals surface area (Å²) in [6.07, 6.45) is 0.988. The number of hydrogen-bond acceptors (Lipinski definition) is 3. The fourth-order valence-corrected chi connectivity index (χ4v) is 4.08. The number of fused-ring (bicyclic) bond motifs is 3. The van der Waals surface area contributed by atoms with Crippen molar-refractivity contribution in [1.82, 2.24) is 14.5 Å². The van der Waals surface area contributed by atoms with E-state index < -0.39 is 0 Å². The van der Waals surface area contributed by atoms with Gasteiger partial charge in [0, 0.05) is 21.2 Å². The van der Waals surface area contributed by atoms with Crippen molar-refractivity contribution < 1.29 is 0 Å². The smallest absolute Gasteiger partial charge is 0.283 e. The molecule has 1 atom stereocenters. The van der Waals surface area contributed by atoms with E-state index in [-0.39, 0.29) is 5.56 Å². The average Bonchev–Trinajstić information content (AvgIpc) is 3.01. The predicted octanol–water partition coefficient (Wildman–Crippen LogP) is 5.41. The van der Waals surface area contributed by atoms with Gasteiger partial charge in [0.25, 0.3) is 5.56 Å². The van der Waals surface area contributed by atoms with Gasteiger partial charge in [0.2, 0.25) is 0 Å². The van der Waals surface area contributed by atoms with E-state index in [1.165, 1.54) is 0 Å². The van der Waals surface area contributed by atoms with Crippen molar-refractivity contribution in [1.29, 1.82) is 0 Å². The van der Waals surface area contributed by atoms with Gasteiger partial charge in [0.1, 0.15) is 11.0 Å². The molecule has 0 amide bonds. The quantitative estimate of drug-likeness (QED) is 0.378. The first-order chi connectivity index (χ1) is 12.6. The van der Waals surface area contributed by atoms with Crippen LogP contribution in [-0.2, 0) is 0 Å². The summed E-state index contributed by atoms with van der Waals surface area (Å²) in [6.45, 7) is 4.27. The van der Waals surface area contributed by atoms with Gasteiger partial charge in [0.15, 0.2) is 5.16 Å². The molecule has 0 radical (unpaired) electrons. The summed E-state index contributed by atoms with van der Waals surface area (Å²) < 4.78 is 1.65. The number of para-hydroxylation sites is 1. The Hall–Kier alpha value is -2.24. The summed E-state index contributed by atoms with van der Waals surface area (Å²) in [5, 5.41) is 2.58. The lowest BCUT2D eigenvalue weighted by molar-refractivity contribution is 0.806. The summed E-state index contributed by atoms with van der Waals surface area (Å²) in [4.78, 5) is 21.4. The molecule has 2 aromatic carbocycles. The number of thioether (sulfide) groups is 1. The zero-order valence-corrected chi connectivity index (χ0v) is 16.1. The minimum Gasteiger partial charge on any atom is -0.349 e. The van der Waals surface area contributed by atoms with Crippen LogP contribution in [0.15, 0.2) is 58.5 Å². The summed E-state index contributed by atoms with van der Waals surface area (Å²) in [5.74, 6) is 0. The molecule has 0 unspecified atom stereocenters. The predicted molar refractivity (Wildman–Crippen MR) is 110 cm³/mol. The zero-order chi connectivity index (χ0) is 18.3. The molecular formula is C20H18ClN3OS. The Labute approximate surface area is 160 Å². The van der Waals surface area contributed by atoms with Gasteiger partial charge in [-0.3, -0.25) is 9.36 Å². The second-order valence-corrected chi connectivity index (χ2v) is 8.09. The molecule has 0 spiro atoms. The fourth-order valence-electron chi connectivity index (χ4n) is 2.93. The van der Waals surface area contributed by atoms with Crippen molar-refractivity contribution in [2.75, 3.05) is 0 Å². The molecule has 0 aliphatic rings. The molecule has 4 rings (SSSR count). The molecule has 4 aromatic rings. The number of benzene rings is 2. The molecule has 132 valence electrons. The van der Waals surface area contributed by atoms with Gasteiger partial charge >= 0.3 is 0 Å². The Bertz CT molecular complexity index is 1160.